The Balaban J connectivity index is 1.69. The molecule has 1 saturated heterocycles. The molecular weight excluding hydrogens is 282 g/mol. The van der Waals surface area contributed by atoms with E-state index in [1.165, 1.54) is 5.56 Å². The fraction of sp³-hybridized carbons (Fsp3) is 0.143. The van der Waals surface area contributed by atoms with Crippen LogP contribution in [-0.4, -0.2) is 11.1 Å². The molecule has 3 aromatic carbocycles. The Morgan fingerprint density at radius 1 is 0.696 bits per heavy atom. The molecule has 2 heteroatoms. The standard InChI is InChI=1S/C21H19NO/c23-21(17-12-6-2-7-13-17)20-19(16-10-4-1-5-11-16)22(20)18-14-8-3-9-15-18/h1-15,19-21,23H/t19-,20-,21-,22?/m1/s1. The second kappa shape index (κ2) is 5.90. The van der Waals surface area contributed by atoms with Crippen LogP contribution in [0.4, 0.5) is 5.69 Å². The van der Waals surface area contributed by atoms with E-state index in [-0.39, 0.29) is 12.1 Å². The molecule has 1 aliphatic rings. The first kappa shape index (κ1) is 14.0. The largest absolute Gasteiger partial charge is 0.386 e. The summed E-state index contributed by atoms with van der Waals surface area (Å²) < 4.78 is 0. The van der Waals surface area contributed by atoms with E-state index in [1.807, 2.05) is 54.6 Å². The number of rotatable bonds is 4. The van der Waals surface area contributed by atoms with Gasteiger partial charge in [0.2, 0.25) is 0 Å². The summed E-state index contributed by atoms with van der Waals surface area (Å²) in [5.74, 6) is 0. The first-order valence-electron chi connectivity index (χ1n) is 7.97. The molecule has 0 aromatic heterocycles. The normalized spacial score (nSPS) is 21.0. The molecule has 1 heterocycles. The van der Waals surface area contributed by atoms with Gasteiger partial charge >= 0.3 is 0 Å². The van der Waals surface area contributed by atoms with Crippen LogP contribution in [0.2, 0.25) is 0 Å². The Hall–Kier alpha value is -2.58. The van der Waals surface area contributed by atoms with Crippen LogP contribution in [0.25, 0.3) is 0 Å². The number of hydrogen-bond donors (Lipinski definition) is 1. The van der Waals surface area contributed by atoms with Gasteiger partial charge in [0.05, 0.1) is 12.1 Å². The van der Waals surface area contributed by atoms with Crippen molar-refractivity contribution < 1.29 is 5.11 Å². The SMILES string of the molecule is O[C@H](c1ccccc1)[C@H]1[C@@H](c2ccccc2)N1c1ccccc1. The van der Waals surface area contributed by atoms with E-state index in [2.05, 4.69) is 41.3 Å². The molecule has 3 atom stereocenters. The minimum Gasteiger partial charge on any atom is -0.386 e. The van der Waals surface area contributed by atoms with Gasteiger partial charge < -0.3 is 10.0 Å². The van der Waals surface area contributed by atoms with Gasteiger partial charge in [-0.3, -0.25) is 0 Å². The van der Waals surface area contributed by atoms with Crippen molar-refractivity contribution in [2.24, 2.45) is 0 Å². The summed E-state index contributed by atoms with van der Waals surface area (Å²) in [5.41, 5.74) is 3.37. The van der Waals surface area contributed by atoms with E-state index in [0.29, 0.717) is 0 Å². The molecule has 2 nitrogen and oxygen atoms in total. The first-order chi connectivity index (χ1) is 11.4. The van der Waals surface area contributed by atoms with Gasteiger partial charge in [0.25, 0.3) is 0 Å². The average molecular weight is 301 g/mol. The summed E-state index contributed by atoms with van der Waals surface area (Å²) in [6, 6.07) is 30.9. The summed E-state index contributed by atoms with van der Waals surface area (Å²) in [7, 11) is 0. The fourth-order valence-electron chi connectivity index (χ4n) is 3.36. The average Bonchev–Trinajstić information content (AvgIpc) is 3.39. The van der Waals surface area contributed by atoms with Crippen molar-refractivity contribution in [1.29, 1.82) is 0 Å². The second-order valence-corrected chi connectivity index (χ2v) is 5.94. The van der Waals surface area contributed by atoms with Crippen LogP contribution in [0.1, 0.15) is 23.3 Å². The van der Waals surface area contributed by atoms with Gasteiger partial charge in [-0.15, -0.1) is 0 Å². The monoisotopic (exact) mass is 301 g/mol. The first-order valence-corrected chi connectivity index (χ1v) is 7.97. The van der Waals surface area contributed by atoms with Crippen molar-refractivity contribution in [3.05, 3.63) is 102 Å². The molecule has 1 N–H and O–H groups in total. The molecule has 1 fully saturated rings. The third-order valence-corrected chi connectivity index (χ3v) is 4.51. The molecule has 0 aliphatic carbocycles. The van der Waals surface area contributed by atoms with E-state index < -0.39 is 6.10 Å². The van der Waals surface area contributed by atoms with Gasteiger partial charge in [-0.1, -0.05) is 78.9 Å². The lowest BCUT2D eigenvalue weighted by Gasteiger charge is -2.11. The van der Waals surface area contributed by atoms with E-state index in [1.54, 1.807) is 0 Å². The summed E-state index contributed by atoms with van der Waals surface area (Å²) in [4.78, 5) is 2.30. The zero-order valence-electron chi connectivity index (χ0n) is 12.8. The fourth-order valence-corrected chi connectivity index (χ4v) is 3.36. The number of aliphatic hydroxyl groups excluding tert-OH is 1. The molecule has 0 radical (unpaired) electrons. The lowest BCUT2D eigenvalue weighted by Crippen LogP contribution is -2.10. The predicted octanol–water partition coefficient (Wildman–Crippen LogP) is 4.35. The Morgan fingerprint density at radius 2 is 1.22 bits per heavy atom. The minimum absolute atomic E-state index is 0.0715. The maximum absolute atomic E-state index is 10.9. The zero-order valence-corrected chi connectivity index (χ0v) is 12.8. The maximum Gasteiger partial charge on any atom is 0.102 e. The van der Waals surface area contributed by atoms with Crippen LogP contribution in [0.5, 0.6) is 0 Å². The van der Waals surface area contributed by atoms with Crippen LogP contribution in [0, 0.1) is 0 Å². The van der Waals surface area contributed by atoms with E-state index in [9.17, 15) is 5.11 Å². The molecule has 0 saturated carbocycles. The smallest absolute Gasteiger partial charge is 0.102 e. The second-order valence-electron chi connectivity index (χ2n) is 5.94. The lowest BCUT2D eigenvalue weighted by atomic mass is 10.0. The molecule has 1 aliphatic heterocycles. The van der Waals surface area contributed by atoms with Crippen LogP contribution in [-0.2, 0) is 0 Å². The van der Waals surface area contributed by atoms with Crippen molar-refractivity contribution in [3.63, 3.8) is 0 Å². The Kier molecular flexibility index (Phi) is 3.60. The van der Waals surface area contributed by atoms with Gasteiger partial charge in [-0.2, -0.15) is 0 Å². The molecule has 0 bridgehead atoms. The zero-order chi connectivity index (χ0) is 15.6. The number of hydrogen-bond acceptors (Lipinski definition) is 2. The molecule has 4 rings (SSSR count). The van der Waals surface area contributed by atoms with Crippen molar-refractivity contribution in [2.45, 2.75) is 18.2 Å². The number of benzene rings is 3. The molecule has 0 spiro atoms. The van der Waals surface area contributed by atoms with Gasteiger partial charge in [-0.25, -0.2) is 0 Å². The molecule has 114 valence electrons. The maximum atomic E-state index is 10.9. The minimum atomic E-state index is -0.499. The molecule has 3 aromatic rings. The van der Waals surface area contributed by atoms with E-state index in [4.69, 9.17) is 0 Å². The highest BCUT2D eigenvalue weighted by molar-refractivity contribution is 5.60. The van der Waals surface area contributed by atoms with Crippen molar-refractivity contribution in [1.82, 2.24) is 0 Å². The van der Waals surface area contributed by atoms with Crippen LogP contribution >= 0.6 is 0 Å². The van der Waals surface area contributed by atoms with Gasteiger partial charge in [0.15, 0.2) is 0 Å². The van der Waals surface area contributed by atoms with Crippen LogP contribution in [0.15, 0.2) is 91.0 Å². The third-order valence-electron chi connectivity index (χ3n) is 4.51. The van der Waals surface area contributed by atoms with E-state index >= 15 is 0 Å². The van der Waals surface area contributed by atoms with E-state index in [0.717, 1.165) is 11.3 Å². The topological polar surface area (TPSA) is 23.2 Å². The Bertz CT molecular complexity index is 712. The van der Waals surface area contributed by atoms with Crippen molar-refractivity contribution >= 4 is 5.69 Å². The van der Waals surface area contributed by atoms with Gasteiger partial charge in [-0.05, 0) is 23.3 Å². The summed E-state index contributed by atoms with van der Waals surface area (Å²) >= 11 is 0. The number of para-hydroxylation sites is 1. The highest BCUT2D eigenvalue weighted by Crippen LogP contribution is 2.51. The highest BCUT2D eigenvalue weighted by Gasteiger charge is 2.52. The quantitative estimate of drug-likeness (QED) is 0.724. The van der Waals surface area contributed by atoms with Gasteiger partial charge in [0.1, 0.15) is 6.10 Å². The van der Waals surface area contributed by atoms with Crippen LogP contribution < -0.4 is 4.90 Å². The number of anilines is 1. The predicted molar refractivity (Wildman–Crippen MR) is 93.3 cm³/mol. The number of nitrogens with zero attached hydrogens (tertiary/aromatic N) is 1. The Morgan fingerprint density at radius 3 is 1.83 bits per heavy atom. The van der Waals surface area contributed by atoms with Crippen LogP contribution in [0.3, 0.4) is 0 Å². The Labute approximate surface area is 136 Å². The van der Waals surface area contributed by atoms with Crippen molar-refractivity contribution in [3.8, 4) is 0 Å². The summed E-state index contributed by atoms with van der Waals surface area (Å²) in [6.45, 7) is 0. The third kappa shape index (κ3) is 2.62. The summed E-state index contributed by atoms with van der Waals surface area (Å²) in [5, 5.41) is 10.9. The van der Waals surface area contributed by atoms with Gasteiger partial charge in [0, 0.05) is 5.69 Å². The number of aliphatic hydroxyl groups is 1. The van der Waals surface area contributed by atoms with Crippen molar-refractivity contribution in [2.75, 3.05) is 4.90 Å². The molecule has 0 amide bonds. The summed E-state index contributed by atoms with van der Waals surface area (Å²) in [6.07, 6.45) is -0.499. The molecule has 23 heavy (non-hydrogen) atoms. The highest BCUT2D eigenvalue weighted by atomic mass is 16.3. The molecular formula is C21H19NO. The lowest BCUT2D eigenvalue weighted by molar-refractivity contribution is 0.176. The molecule has 0 unspecified atom stereocenters.